The number of carbonyl (C=O) groups excluding carboxylic acids is 2. The predicted octanol–water partition coefficient (Wildman–Crippen LogP) is 6.02. The van der Waals surface area contributed by atoms with Crippen molar-refractivity contribution in [2.24, 2.45) is 0 Å². The Kier molecular flexibility index (Phi) is 6.56. The molecule has 0 N–H and O–H groups in total. The molecule has 0 radical (unpaired) electrons. The highest BCUT2D eigenvalue weighted by Gasteiger charge is 2.17. The summed E-state index contributed by atoms with van der Waals surface area (Å²) in [5.41, 5.74) is 1.60. The Bertz CT molecular complexity index is 880. The van der Waals surface area contributed by atoms with Gasteiger partial charge in [0.1, 0.15) is 11.6 Å². The Balaban J connectivity index is 2.26. The topological polar surface area (TPSA) is 34.1 Å². The van der Waals surface area contributed by atoms with Crippen LogP contribution in [0.15, 0.2) is 70.5 Å². The van der Waals surface area contributed by atoms with E-state index in [0.717, 1.165) is 11.8 Å². The van der Waals surface area contributed by atoms with Crippen molar-refractivity contribution in [2.75, 3.05) is 0 Å². The molecule has 0 heterocycles. The standard InChI is InChI=1S/C20H16F2O2S2/c1-11(2)19(23)25-15-7-5-13(6-8-15)14-9-16(21)18(17(22)10-14)26-20(24)12(3)4/h5-10H,1,3H2,2,4H3. The van der Waals surface area contributed by atoms with Crippen LogP contribution in [-0.4, -0.2) is 10.2 Å². The molecule has 134 valence electrons. The van der Waals surface area contributed by atoms with Gasteiger partial charge in [0.05, 0.1) is 4.90 Å². The Hall–Kier alpha value is -2.18. The summed E-state index contributed by atoms with van der Waals surface area (Å²) in [6.07, 6.45) is 0. The quantitative estimate of drug-likeness (QED) is 0.462. The molecule has 26 heavy (non-hydrogen) atoms. The maximum absolute atomic E-state index is 14.3. The molecule has 0 fully saturated rings. The molecule has 0 unspecified atom stereocenters. The van der Waals surface area contributed by atoms with Gasteiger partial charge in [0.2, 0.25) is 10.2 Å². The number of benzene rings is 2. The molecule has 2 nitrogen and oxygen atoms in total. The van der Waals surface area contributed by atoms with Gasteiger partial charge in [-0.1, -0.05) is 25.3 Å². The molecule has 0 amide bonds. The van der Waals surface area contributed by atoms with Gasteiger partial charge in [0, 0.05) is 4.90 Å². The maximum atomic E-state index is 14.3. The first-order valence-corrected chi connectivity index (χ1v) is 9.17. The number of carbonyl (C=O) groups is 2. The van der Waals surface area contributed by atoms with E-state index in [1.165, 1.54) is 19.1 Å². The van der Waals surface area contributed by atoms with Crippen molar-refractivity contribution in [1.29, 1.82) is 0 Å². The molecule has 0 aromatic heterocycles. The van der Waals surface area contributed by atoms with Gasteiger partial charge in [-0.15, -0.1) is 0 Å². The Morgan fingerprint density at radius 1 is 0.808 bits per heavy atom. The highest BCUT2D eigenvalue weighted by Crippen LogP contribution is 2.33. The first-order valence-electron chi connectivity index (χ1n) is 7.54. The van der Waals surface area contributed by atoms with Crippen molar-refractivity contribution in [3.8, 4) is 11.1 Å². The fourth-order valence-electron chi connectivity index (χ4n) is 1.91. The summed E-state index contributed by atoms with van der Waals surface area (Å²) in [5, 5.41) is -0.627. The fraction of sp³-hybridized carbons (Fsp3) is 0.100. The van der Waals surface area contributed by atoms with Crippen molar-refractivity contribution >= 4 is 33.8 Å². The van der Waals surface area contributed by atoms with Crippen LogP contribution in [0.5, 0.6) is 0 Å². The SMILES string of the molecule is C=C(C)C(=O)Sc1ccc(-c2cc(F)c(SC(=O)C(=C)C)c(F)c2)cc1. The largest absolute Gasteiger partial charge is 0.282 e. The zero-order valence-electron chi connectivity index (χ0n) is 14.3. The van der Waals surface area contributed by atoms with E-state index in [1.54, 1.807) is 31.2 Å². The minimum atomic E-state index is -0.810. The first kappa shape index (κ1) is 20.1. The minimum absolute atomic E-state index is 0.140. The average Bonchev–Trinajstić information content (AvgIpc) is 2.58. The van der Waals surface area contributed by atoms with Gasteiger partial charge in [-0.2, -0.15) is 0 Å². The average molecular weight is 390 g/mol. The third kappa shape index (κ3) is 4.93. The summed E-state index contributed by atoms with van der Waals surface area (Å²) in [6.45, 7) is 10.2. The molecule has 0 saturated carbocycles. The van der Waals surface area contributed by atoms with Crippen LogP contribution in [0.4, 0.5) is 8.78 Å². The van der Waals surface area contributed by atoms with Crippen molar-refractivity contribution in [1.82, 2.24) is 0 Å². The highest BCUT2D eigenvalue weighted by molar-refractivity contribution is 8.14. The summed E-state index contributed by atoms with van der Waals surface area (Å²) >= 11 is 1.52. The van der Waals surface area contributed by atoms with E-state index >= 15 is 0 Å². The molecule has 2 aromatic carbocycles. The van der Waals surface area contributed by atoms with E-state index in [4.69, 9.17) is 0 Å². The number of halogens is 2. The summed E-state index contributed by atoms with van der Waals surface area (Å²) in [4.78, 5) is 23.7. The van der Waals surface area contributed by atoms with Gasteiger partial charge < -0.3 is 0 Å². The normalized spacial score (nSPS) is 10.5. The van der Waals surface area contributed by atoms with Crippen LogP contribution >= 0.6 is 23.5 Å². The van der Waals surface area contributed by atoms with Crippen molar-refractivity contribution in [2.45, 2.75) is 23.6 Å². The van der Waals surface area contributed by atoms with E-state index in [-0.39, 0.29) is 15.6 Å². The van der Waals surface area contributed by atoms with Gasteiger partial charge >= 0.3 is 0 Å². The smallest absolute Gasteiger partial charge is 0.219 e. The van der Waals surface area contributed by atoms with Crippen LogP contribution in [0, 0.1) is 11.6 Å². The fourth-order valence-corrected chi connectivity index (χ4v) is 3.25. The van der Waals surface area contributed by atoms with E-state index < -0.39 is 16.7 Å². The van der Waals surface area contributed by atoms with Gasteiger partial charge in [-0.25, -0.2) is 8.78 Å². The Labute approximate surface area is 159 Å². The second-order valence-corrected chi connectivity index (χ2v) is 7.66. The number of hydrogen-bond donors (Lipinski definition) is 0. The maximum Gasteiger partial charge on any atom is 0.219 e. The number of hydrogen-bond acceptors (Lipinski definition) is 4. The molecular weight excluding hydrogens is 374 g/mol. The Morgan fingerprint density at radius 3 is 1.73 bits per heavy atom. The van der Waals surface area contributed by atoms with Crippen LogP contribution in [0.25, 0.3) is 11.1 Å². The van der Waals surface area contributed by atoms with Gasteiger partial charge in [-0.05, 0) is 83.9 Å². The predicted molar refractivity (Wildman–Crippen MR) is 103 cm³/mol. The number of thioether (sulfide) groups is 2. The second-order valence-electron chi connectivity index (χ2n) is 5.63. The lowest BCUT2D eigenvalue weighted by Crippen LogP contribution is -1.97. The summed E-state index contributed by atoms with van der Waals surface area (Å²) in [7, 11) is 0. The molecule has 0 bridgehead atoms. The third-order valence-electron chi connectivity index (χ3n) is 3.29. The monoisotopic (exact) mass is 390 g/mol. The van der Waals surface area contributed by atoms with Crippen LogP contribution in [0.3, 0.4) is 0 Å². The van der Waals surface area contributed by atoms with E-state index in [9.17, 15) is 18.4 Å². The van der Waals surface area contributed by atoms with Crippen LogP contribution in [-0.2, 0) is 9.59 Å². The first-order chi connectivity index (χ1) is 12.2. The van der Waals surface area contributed by atoms with Crippen molar-refractivity contribution in [3.63, 3.8) is 0 Å². The van der Waals surface area contributed by atoms with Crippen molar-refractivity contribution < 1.29 is 18.4 Å². The lowest BCUT2D eigenvalue weighted by molar-refractivity contribution is -0.108. The van der Waals surface area contributed by atoms with Crippen LogP contribution in [0.2, 0.25) is 0 Å². The summed E-state index contributed by atoms with van der Waals surface area (Å²) in [6, 6.07) is 9.10. The second kappa shape index (κ2) is 8.47. The zero-order chi connectivity index (χ0) is 19.4. The molecule has 6 heteroatoms. The third-order valence-corrected chi connectivity index (χ3v) is 5.46. The summed E-state index contributed by atoms with van der Waals surface area (Å²) in [5.74, 6) is -1.62. The highest BCUT2D eigenvalue weighted by atomic mass is 32.2. The molecular formula is C20H16F2O2S2. The van der Waals surface area contributed by atoms with Crippen molar-refractivity contribution in [3.05, 3.63) is 72.3 Å². The van der Waals surface area contributed by atoms with E-state index in [2.05, 4.69) is 13.2 Å². The van der Waals surface area contributed by atoms with Crippen LogP contribution < -0.4 is 0 Å². The molecule has 2 rings (SSSR count). The lowest BCUT2D eigenvalue weighted by Gasteiger charge is -2.08. The molecule has 0 aliphatic rings. The minimum Gasteiger partial charge on any atom is -0.282 e. The lowest BCUT2D eigenvalue weighted by atomic mass is 10.1. The molecule has 2 aromatic rings. The molecule has 0 saturated heterocycles. The molecule has 0 spiro atoms. The van der Waals surface area contributed by atoms with E-state index in [1.807, 2.05) is 0 Å². The molecule has 0 aliphatic carbocycles. The Morgan fingerprint density at radius 2 is 1.27 bits per heavy atom. The van der Waals surface area contributed by atoms with Crippen LogP contribution in [0.1, 0.15) is 13.8 Å². The zero-order valence-corrected chi connectivity index (χ0v) is 15.9. The number of rotatable bonds is 5. The molecule has 0 atom stereocenters. The van der Waals surface area contributed by atoms with Gasteiger partial charge in [-0.3, -0.25) is 9.59 Å². The van der Waals surface area contributed by atoms with Gasteiger partial charge in [0.15, 0.2) is 0 Å². The van der Waals surface area contributed by atoms with E-state index in [0.29, 0.717) is 33.4 Å². The summed E-state index contributed by atoms with van der Waals surface area (Å²) < 4.78 is 28.5. The molecule has 0 aliphatic heterocycles. The van der Waals surface area contributed by atoms with Gasteiger partial charge in [0.25, 0.3) is 0 Å².